The van der Waals surface area contributed by atoms with Crippen molar-refractivity contribution in [3.05, 3.63) is 112 Å². The first-order valence-electron chi connectivity index (χ1n) is 18.0. The Bertz CT molecular complexity index is 1600. The molecule has 0 radical (unpaired) electrons. The van der Waals surface area contributed by atoms with Crippen LogP contribution in [0.4, 0.5) is 5.69 Å². The molecule has 4 aliphatic rings. The maximum Gasteiger partial charge on any atom is 0.299 e. The number of allylic oxidation sites excluding steroid dienone is 2. The van der Waals surface area contributed by atoms with E-state index in [1.165, 1.54) is 46.8 Å². The van der Waals surface area contributed by atoms with Crippen LogP contribution in [-0.4, -0.2) is 42.8 Å². The molecule has 3 aromatic carbocycles. The third-order valence-corrected chi connectivity index (χ3v) is 19.1. The van der Waals surface area contributed by atoms with Crippen molar-refractivity contribution in [3.63, 3.8) is 0 Å². The largest absolute Gasteiger partial charge is 0.350 e. The van der Waals surface area contributed by atoms with Crippen LogP contribution < -0.4 is 9.75 Å². The van der Waals surface area contributed by atoms with Crippen LogP contribution in [0.1, 0.15) is 103 Å². The minimum absolute atomic E-state index is 0.399. The molecule has 0 spiro atoms. The number of anilines is 1. The SMILES string of the molecule is CC(C)c1cccc(C(C)C)c1N1C2=C([C@H]3CC[C@@H]2C3)P2C(c3ccccc3)=C[Si]1(c1ccccc1)N(C(C)C)CCN2C(C)C. The Hall–Kier alpha value is -2.49. The number of para-hydroxylation sites is 1. The topological polar surface area (TPSA) is 9.72 Å². The quantitative estimate of drug-likeness (QED) is 0.187. The van der Waals surface area contributed by atoms with Crippen LogP contribution in [-0.2, 0) is 0 Å². The summed E-state index contributed by atoms with van der Waals surface area (Å²) in [6.07, 6.45) is 4.00. The molecule has 3 nitrogen and oxygen atoms in total. The van der Waals surface area contributed by atoms with E-state index < -0.39 is 16.5 Å². The Morgan fingerprint density at radius 1 is 0.674 bits per heavy atom. The van der Waals surface area contributed by atoms with Gasteiger partial charge in [-0.3, -0.25) is 9.24 Å². The molecule has 4 bridgehead atoms. The Kier molecular flexibility index (Phi) is 8.72. The van der Waals surface area contributed by atoms with E-state index in [0.29, 0.717) is 35.8 Å². The van der Waals surface area contributed by atoms with E-state index in [1.807, 2.05) is 5.31 Å². The third-order valence-electron chi connectivity index (χ3n) is 11.2. The number of fused-ring (bicyclic) bond motifs is 7. The van der Waals surface area contributed by atoms with Gasteiger partial charge < -0.3 is 4.57 Å². The molecule has 0 aromatic heterocycles. The number of hydrogen-bond donors (Lipinski definition) is 0. The third kappa shape index (κ3) is 5.02. The summed E-state index contributed by atoms with van der Waals surface area (Å²) < 4.78 is 9.09. The molecule has 0 amide bonds. The molecule has 4 atom stereocenters. The van der Waals surface area contributed by atoms with E-state index in [9.17, 15) is 0 Å². The van der Waals surface area contributed by atoms with E-state index in [-0.39, 0.29) is 0 Å². The fraction of sp³-hybridized carbons (Fsp3) is 0.463. The molecule has 1 fully saturated rings. The summed E-state index contributed by atoms with van der Waals surface area (Å²) in [6, 6.07) is 31.5. The highest BCUT2D eigenvalue weighted by Crippen LogP contribution is 2.72. The summed E-state index contributed by atoms with van der Waals surface area (Å²) >= 11 is 0. The molecule has 2 aliphatic heterocycles. The van der Waals surface area contributed by atoms with Crippen molar-refractivity contribution in [3.8, 4) is 0 Å². The molecule has 1 saturated carbocycles. The van der Waals surface area contributed by atoms with Gasteiger partial charge in [-0.1, -0.05) is 120 Å². The summed E-state index contributed by atoms with van der Waals surface area (Å²) in [5.74, 6) is 2.18. The fourth-order valence-electron chi connectivity index (χ4n) is 9.15. The fourth-order valence-corrected chi connectivity index (χ4v) is 18.3. The smallest absolute Gasteiger partial charge is 0.299 e. The van der Waals surface area contributed by atoms with Crippen molar-refractivity contribution in [2.45, 2.75) is 98.6 Å². The molecule has 46 heavy (non-hydrogen) atoms. The zero-order chi connectivity index (χ0) is 32.3. The summed E-state index contributed by atoms with van der Waals surface area (Å²) in [7, 11) is -3.47. The van der Waals surface area contributed by atoms with Gasteiger partial charge in [0.05, 0.1) is 0 Å². The van der Waals surface area contributed by atoms with Gasteiger partial charge in [-0.05, 0) is 101 Å². The van der Waals surface area contributed by atoms with E-state index >= 15 is 0 Å². The zero-order valence-electron chi connectivity index (χ0n) is 29.4. The van der Waals surface area contributed by atoms with Crippen molar-refractivity contribution in [2.24, 2.45) is 11.8 Å². The monoisotopic (exact) mass is 647 g/mol. The van der Waals surface area contributed by atoms with E-state index in [1.54, 1.807) is 11.0 Å². The van der Waals surface area contributed by atoms with Crippen molar-refractivity contribution < 1.29 is 0 Å². The molecule has 2 aliphatic carbocycles. The van der Waals surface area contributed by atoms with Crippen LogP contribution in [0.15, 0.2) is 95.6 Å². The van der Waals surface area contributed by atoms with Gasteiger partial charge in [0.15, 0.2) is 0 Å². The van der Waals surface area contributed by atoms with E-state index in [2.05, 4.69) is 154 Å². The van der Waals surface area contributed by atoms with Crippen molar-refractivity contribution in [1.82, 2.24) is 9.24 Å². The predicted molar refractivity (Wildman–Crippen MR) is 202 cm³/mol. The molecule has 5 heteroatoms. The highest BCUT2D eigenvalue weighted by molar-refractivity contribution is 7.70. The van der Waals surface area contributed by atoms with Gasteiger partial charge in [0.1, 0.15) is 0 Å². The van der Waals surface area contributed by atoms with Crippen LogP contribution >= 0.6 is 8.07 Å². The second-order valence-corrected chi connectivity index (χ2v) is 20.7. The minimum Gasteiger partial charge on any atom is -0.350 e. The number of rotatable bonds is 7. The van der Waals surface area contributed by atoms with Crippen molar-refractivity contribution in [1.29, 1.82) is 0 Å². The average molecular weight is 648 g/mol. The lowest BCUT2D eigenvalue weighted by atomic mass is 9.91. The Morgan fingerprint density at radius 3 is 1.87 bits per heavy atom. The molecule has 7 rings (SSSR count). The first-order valence-corrected chi connectivity index (χ1v) is 21.3. The molecule has 3 aromatic rings. The standard InChI is InChI=1S/C41H54N3PSi/c1-28(2)36-20-15-21-37(29(3)4)40(36)44-39-33-22-23-34(26-33)41(39)45-38(32-16-11-9-12-17-32)27-46(44,35-18-13-10-14-19-35)43(31(7)8)25-24-42(45)30(5)6/h9-21,27-31,33-34H,22-26H2,1-8H3/t33-,34+,45?,46?/m1/s1. The first-order chi connectivity index (χ1) is 22.1. The molecular weight excluding hydrogens is 594 g/mol. The van der Waals surface area contributed by atoms with Gasteiger partial charge in [0.2, 0.25) is 0 Å². The second-order valence-electron chi connectivity index (χ2n) is 15.3. The lowest BCUT2D eigenvalue weighted by Gasteiger charge is -2.53. The van der Waals surface area contributed by atoms with Gasteiger partial charge in [0, 0.05) is 38.6 Å². The Balaban J connectivity index is 1.72. The highest BCUT2D eigenvalue weighted by Gasteiger charge is 2.59. The van der Waals surface area contributed by atoms with Crippen molar-refractivity contribution >= 4 is 32.7 Å². The number of benzene rings is 3. The van der Waals surface area contributed by atoms with Crippen LogP contribution in [0.3, 0.4) is 0 Å². The van der Waals surface area contributed by atoms with Crippen LogP contribution in [0.2, 0.25) is 0 Å². The predicted octanol–water partition coefficient (Wildman–Crippen LogP) is 10.2. The van der Waals surface area contributed by atoms with Gasteiger partial charge in [-0.15, -0.1) is 0 Å². The molecule has 2 unspecified atom stereocenters. The highest BCUT2D eigenvalue weighted by atomic mass is 31.1. The van der Waals surface area contributed by atoms with Gasteiger partial charge in [0.25, 0.3) is 8.40 Å². The maximum absolute atomic E-state index is 3.13. The summed E-state index contributed by atoms with van der Waals surface area (Å²) in [5.41, 5.74) is 10.6. The first kappa shape index (κ1) is 32.1. The summed E-state index contributed by atoms with van der Waals surface area (Å²) in [5, 5.41) is 4.95. The van der Waals surface area contributed by atoms with Crippen molar-refractivity contribution in [2.75, 3.05) is 17.7 Å². The molecule has 242 valence electrons. The van der Waals surface area contributed by atoms with Gasteiger partial charge in [-0.2, -0.15) is 0 Å². The van der Waals surface area contributed by atoms with Crippen LogP contribution in [0.25, 0.3) is 5.31 Å². The lowest BCUT2D eigenvalue weighted by molar-refractivity contribution is 0.296. The van der Waals surface area contributed by atoms with Gasteiger partial charge in [-0.25, -0.2) is 0 Å². The maximum atomic E-state index is 3.13. The van der Waals surface area contributed by atoms with Crippen LogP contribution in [0.5, 0.6) is 0 Å². The number of nitrogens with zero attached hydrogens (tertiary/aromatic N) is 3. The number of hydrogen-bond acceptors (Lipinski definition) is 3. The van der Waals surface area contributed by atoms with Crippen LogP contribution in [0, 0.1) is 11.8 Å². The minimum atomic E-state index is -2.81. The zero-order valence-corrected chi connectivity index (χ0v) is 31.3. The average Bonchev–Trinajstić information content (AvgIpc) is 3.62. The van der Waals surface area contributed by atoms with Gasteiger partial charge >= 0.3 is 0 Å². The van der Waals surface area contributed by atoms with E-state index in [4.69, 9.17) is 0 Å². The molecule has 0 saturated heterocycles. The summed E-state index contributed by atoms with van der Waals surface area (Å²) in [6.45, 7) is 21.7. The van der Waals surface area contributed by atoms with E-state index in [0.717, 1.165) is 13.1 Å². The summed E-state index contributed by atoms with van der Waals surface area (Å²) in [4.78, 5) is 0. The molecule has 0 N–H and O–H groups in total. The molecule has 2 heterocycles. The normalized spacial score (nSPS) is 26.7. The Morgan fingerprint density at radius 2 is 1.28 bits per heavy atom. The lowest BCUT2D eigenvalue weighted by Crippen LogP contribution is -2.74. The molecular formula is C41H54N3PSi. The second kappa shape index (κ2) is 12.5. The Labute approximate surface area is 281 Å².